The van der Waals surface area contributed by atoms with Gasteiger partial charge in [-0.1, -0.05) is 18.2 Å². The Morgan fingerprint density at radius 1 is 1.21 bits per heavy atom. The number of aryl methyl sites for hydroxylation is 1. The molecule has 0 aliphatic heterocycles. The SMILES string of the molecule is Cc1nn(-c2ccccc2)c(C)c1C(=O)N[C@H]1CC[C@@H](C(=O)O)C1. The Morgan fingerprint density at radius 3 is 2.54 bits per heavy atom. The van der Waals surface area contributed by atoms with E-state index >= 15 is 0 Å². The van der Waals surface area contributed by atoms with Gasteiger partial charge in [0.25, 0.3) is 5.91 Å². The van der Waals surface area contributed by atoms with E-state index in [-0.39, 0.29) is 17.9 Å². The van der Waals surface area contributed by atoms with Gasteiger partial charge in [-0.15, -0.1) is 0 Å². The molecule has 0 bridgehead atoms. The first-order chi connectivity index (χ1) is 11.5. The van der Waals surface area contributed by atoms with Gasteiger partial charge in [0, 0.05) is 6.04 Å². The number of hydrogen-bond donors (Lipinski definition) is 2. The molecule has 126 valence electrons. The van der Waals surface area contributed by atoms with E-state index in [1.54, 1.807) is 4.68 Å². The van der Waals surface area contributed by atoms with Crippen molar-refractivity contribution in [2.24, 2.45) is 5.92 Å². The largest absolute Gasteiger partial charge is 0.481 e. The maximum absolute atomic E-state index is 12.7. The molecule has 1 aliphatic carbocycles. The number of aromatic nitrogens is 2. The first-order valence-corrected chi connectivity index (χ1v) is 8.12. The molecule has 6 nitrogen and oxygen atoms in total. The zero-order valence-electron chi connectivity index (χ0n) is 13.8. The monoisotopic (exact) mass is 327 g/mol. The highest BCUT2D eigenvalue weighted by molar-refractivity contribution is 5.96. The standard InChI is InChI=1S/C18H21N3O3/c1-11-16(12(2)21(20-11)15-6-4-3-5-7-15)17(22)19-14-9-8-13(10-14)18(23)24/h3-7,13-14H,8-10H2,1-2H3,(H,19,22)(H,23,24)/t13-,14+/m1/s1. The van der Waals surface area contributed by atoms with Crippen molar-refractivity contribution in [3.05, 3.63) is 47.3 Å². The van der Waals surface area contributed by atoms with Gasteiger partial charge in [-0.2, -0.15) is 5.10 Å². The predicted molar refractivity (Wildman–Crippen MR) is 89.3 cm³/mol. The van der Waals surface area contributed by atoms with Crippen LogP contribution in [0.5, 0.6) is 0 Å². The van der Waals surface area contributed by atoms with Crippen molar-refractivity contribution in [3.63, 3.8) is 0 Å². The Hall–Kier alpha value is -2.63. The highest BCUT2D eigenvalue weighted by Gasteiger charge is 2.31. The van der Waals surface area contributed by atoms with Gasteiger partial charge in [0.1, 0.15) is 0 Å². The van der Waals surface area contributed by atoms with Crippen molar-refractivity contribution in [2.75, 3.05) is 0 Å². The van der Waals surface area contributed by atoms with Crippen LogP contribution in [0.1, 0.15) is 41.0 Å². The smallest absolute Gasteiger partial charge is 0.306 e. The third kappa shape index (κ3) is 3.04. The zero-order chi connectivity index (χ0) is 17.3. The second-order valence-corrected chi connectivity index (χ2v) is 6.31. The van der Waals surface area contributed by atoms with Gasteiger partial charge in [0.2, 0.25) is 0 Å². The fourth-order valence-electron chi connectivity index (χ4n) is 3.39. The molecule has 2 aromatic rings. The summed E-state index contributed by atoms with van der Waals surface area (Å²) in [6.45, 7) is 3.69. The molecule has 1 aliphatic rings. The summed E-state index contributed by atoms with van der Waals surface area (Å²) in [5, 5.41) is 16.5. The number of carbonyl (C=O) groups is 2. The van der Waals surface area contributed by atoms with Gasteiger partial charge in [-0.3, -0.25) is 9.59 Å². The predicted octanol–water partition coefficient (Wildman–Crippen LogP) is 2.47. The second-order valence-electron chi connectivity index (χ2n) is 6.31. The number of amides is 1. The zero-order valence-corrected chi connectivity index (χ0v) is 13.8. The molecule has 0 saturated heterocycles. The summed E-state index contributed by atoms with van der Waals surface area (Å²) in [4.78, 5) is 23.7. The summed E-state index contributed by atoms with van der Waals surface area (Å²) in [7, 11) is 0. The Labute approximate surface area is 140 Å². The van der Waals surface area contributed by atoms with Crippen LogP contribution in [0.15, 0.2) is 30.3 Å². The number of rotatable bonds is 4. The van der Waals surface area contributed by atoms with Crippen molar-refractivity contribution < 1.29 is 14.7 Å². The molecule has 6 heteroatoms. The minimum Gasteiger partial charge on any atom is -0.481 e. The molecule has 1 saturated carbocycles. The number of aliphatic carboxylic acids is 1. The number of benzene rings is 1. The molecule has 3 rings (SSSR count). The third-order valence-corrected chi connectivity index (χ3v) is 4.64. The van der Waals surface area contributed by atoms with Gasteiger partial charge in [0.05, 0.1) is 28.6 Å². The maximum atomic E-state index is 12.7. The number of nitrogens with zero attached hydrogens (tertiary/aromatic N) is 2. The minimum atomic E-state index is -0.781. The number of nitrogens with one attached hydrogen (secondary N) is 1. The molecule has 1 fully saturated rings. The van der Waals surface area contributed by atoms with E-state index in [9.17, 15) is 9.59 Å². The van der Waals surface area contributed by atoms with Crippen LogP contribution in [-0.4, -0.2) is 32.8 Å². The van der Waals surface area contributed by atoms with E-state index in [4.69, 9.17) is 5.11 Å². The van der Waals surface area contributed by atoms with Gasteiger partial charge in [0.15, 0.2) is 0 Å². The molecule has 1 amide bonds. The average molecular weight is 327 g/mol. The van der Waals surface area contributed by atoms with Crippen molar-refractivity contribution in [2.45, 2.75) is 39.2 Å². The average Bonchev–Trinajstić information content (AvgIpc) is 3.13. The van der Waals surface area contributed by atoms with Gasteiger partial charge >= 0.3 is 5.97 Å². The molecule has 1 aromatic carbocycles. The van der Waals surface area contributed by atoms with Crippen molar-refractivity contribution in [3.8, 4) is 5.69 Å². The molecule has 1 heterocycles. The van der Waals surface area contributed by atoms with Crippen LogP contribution in [0.3, 0.4) is 0 Å². The van der Waals surface area contributed by atoms with E-state index < -0.39 is 5.97 Å². The van der Waals surface area contributed by atoms with Gasteiger partial charge < -0.3 is 10.4 Å². The fraction of sp³-hybridized carbons (Fsp3) is 0.389. The van der Waals surface area contributed by atoms with Crippen LogP contribution in [0, 0.1) is 19.8 Å². The summed E-state index contributed by atoms with van der Waals surface area (Å²) in [5.74, 6) is -1.32. The van der Waals surface area contributed by atoms with Gasteiger partial charge in [-0.25, -0.2) is 4.68 Å². The molecule has 2 atom stereocenters. The van der Waals surface area contributed by atoms with Crippen molar-refractivity contribution in [1.29, 1.82) is 0 Å². The Balaban J connectivity index is 1.79. The lowest BCUT2D eigenvalue weighted by Gasteiger charge is -2.13. The molecular formula is C18H21N3O3. The fourth-order valence-corrected chi connectivity index (χ4v) is 3.39. The summed E-state index contributed by atoms with van der Waals surface area (Å²) < 4.78 is 1.76. The quantitative estimate of drug-likeness (QED) is 0.903. The summed E-state index contributed by atoms with van der Waals surface area (Å²) >= 11 is 0. The summed E-state index contributed by atoms with van der Waals surface area (Å²) in [5.41, 5.74) is 2.92. The molecule has 0 radical (unpaired) electrons. The van der Waals surface area contributed by atoms with Crippen molar-refractivity contribution in [1.82, 2.24) is 15.1 Å². The number of carboxylic acids is 1. The minimum absolute atomic E-state index is 0.0857. The van der Waals surface area contributed by atoms with Crippen LogP contribution in [0.2, 0.25) is 0 Å². The highest BCUT2D eigenvalue weighted by Crippen LogP contribution is 2.26. The van der Waals surface area contributed by atoms with Crippen LogP contribution in [0.25, 0.3) is 5.69 Å². The van der Waals surface area contributed by atoms with Crippen LogP contribution >= 0.6 is 0 Å². The number of carbonyl (C=O) groups excluding carboxylic acids is 1. The maximum Gasteiger partial charge on any atom is 0.306 e. The number of hydrogen-bond acceptors (Lipinski definition) is 3. The third-order valence-electron chi connectivity index (χ3n) is 4.64. The van der Waals surface area contributed by atoms with E-state index in [2.05, 4.69) is 10.4 Å². The van der Waals surface area contributed by atoms with E-state index in [0.29, 0.717) is 30.5 Å². The van der Waals surface area contributed by atoms with Gasteiger partial charge in [-0.05, 0) is 45.2 Å². The molecule has 1 aromatic heterocycles. The summed E-state index contributed by atoms with van der Waals surface area (Å²) in [6, 6.07) is 9.58. The van der Waals surface area contributed by atoms with E-state index in [1.165, 1.54) is 0 Å². The normalized spacial score (nSPS) is 20.1. The summed E-state index contributed by atoms with van der Waals surface area (Å²) in [6.07, 6.45) is 1.81. The second kappa shape index (κ2) is 6.47. The highest BCUT2D eigenvalue weighted by atomic mass is 16.4. The molecule has 0 unspecified atom stereocenters. The van der Waals surface area contributed by atoms with Crippen molar-refractivity contribution >= 4 is 11.9 Å². The van der Waals surface area contributed by atoms with Crippen LogP contribution in [0.4, 0.5) is 0 Å². The Kier molecular flexibility index (Phi) is 4.38. The van der Waals surface area contributed by atoms with E-state index in [1.807, 2.05) is 44.2 Å². The lowest BCUT2D eigenvalue weighted by Crippen LogP contribution is -2.34. The Morgan fingerprint density at radius 2 is 1.92 bits per heavy atom. The Bertz CT molecular complexity index is 767. The van der Waals surface area contributed by atoms with E-state index in [0.717, 1.165) is 11.4 Å². The number of carboxylic acid groups (broad SMARTS) is 1. The van der Waals surface area contributed by atoms with Crippen LogP contribution in [-0.2, 0) is 4.79 Å². The lowest BCUT2D eigenvalue weighted by atomic mass is 10.1. The lowest BCUT2D eigenvalue weighted by molar-refractivity contribution is -0.141. The topological polar surface area (TPSA) is 84.2 Å². The van der Waals surface area contributed by atoms with Crippen LogP contribution < -0.4 is 5.32 Å². The molecule has 2 N–H and O–H groups in total. The molecule has 24 heavy (non-hydrogen) atoms. The number of para-hydroxylation sites is 1. The molecular weight excluding hydrogens is 306 g/mol. The first-order valence-electron chi connectivity index (χ1n) is 8.12. The first kappa shape index (κ1) is 16.2. The molecule has 0 spiro atoms.